The van der Waals surface area contributed by atoms with Gasteiger partial charge in [0.25, 0.3) is 5.69 Å². The highest BCUT2D eigenvalue weighted by molar-refractivity contribution is 5.92. The summed E-state index contributed by atoms with van der Waals surface area (Å²) in [7, 11) is 0. The maximum absolute atomic E-state index is 13.1. The first-order valence-corrected chi connectivity index (χ1v) is 9.48. The fourth-order valence-corrected chi connectivity index (χ4v) is 4.63. The Kier molecular flexibility index (Phi) is 4.69. The molecule has 0 spiro atoms. The van der Waals surface area contributed by atoms with Gasteiger partial charge in [-0.25, -0.2) is 4.98 Å². The summed E-state index contributed by atoms with van der Waals surface area (Å²) in [4.78, 5) is 20.8. The van der Waals surface area contributed by atoms with Crippen LogP contribution in [0.5, 0.6) is 0 Å². The van der Waals surface area contributed by atoms with Crippen LogP contribution >= 0.6 is 0 Å². The van der Waals surface area contributed by atoms with Gasteiger partial charge in [-0.1, -0.05) is 12.8 Å². The zero-order chi connectivity index (χ0) is 16.4. The number of nitrogens with one attached hydrogen (secondary N) is 1. The van der Waals surface area contributed by atoms with Crippen molar-refractivity contribution in [3.63, 3.8) is 0 Å². The molecule has 1 N–H and O–H groups in total. The molecule has 1 aliphatic carbocycles. The maximum atomic E-state index is 13.1. The van der Waals surface area contributed by atoms with Crippen molar-refractivity contribution >= 4 is 11.6 Å². The highest BCUT2D eigenvalue weighted by Gasteiger charge is 2.37. The summed E-state index contributed by atoms with van der Waals surface area (Å²) in [6.07, 6.45) is 9.43. The number of piperidine rings is 1. The van der Waals surface area contributed by atoms with E-state index < -0.39 is 0 Å². The van der Waals surface area contributed by atoms with Crippen LogP contribution in [0.3, 0.4) is 0 Å². The number of H-pyrrole nitrogens is 1. The van der Waals surface area contributed by atoms with Gasteiger partial charge >= 0.3 is 5.91 Å². The zero-order valence-electron chi connectivity index (χ0n) is 14.4. The molecule has 3 heterocycles. The zero-order valence-corrected chi connectivity index (χ0v) is 14.4. The Morgan fingerprint density at radius 3 is 2.75 bits per heavy atom. The third kappa shape index (κ3) is 3.14. The number of fused-ring (bicyclic) bond motifs is 1. The van der Waals surface area contributed by atoms with Crippen LogP contribution in [0.2, 0.25) is 0 Å². The number of anilines is 1. The maximum Gasteiger partial charge on any atom is 0.318 e. The number of rotatable bonds is 2. The molecule has 1 aromatic rings. The molecule has 0 bridgehead atoms. The van der Waals surface area contributed by atoms with Crippen molar-refractivity contribution < 1.29 is 14.5 Å². The average molecular weight is 330 g/mol. The monoisotopic (exact) mass is 330 g/mol. The summed E-state index contributed by atoms with van der Waals surface area (Å²) in [6.45, 7) is 4.23. The van der Waals surface area contributed by atoms with Gasteiger partial charge in [0, 0.05) is 43.5 Å². The van der Waals surface area contributed by atoms with Gasteiger partial charge in [0.15, 0.2) is 6.20 Å². The number of pyridine rings is 1. The Hall–Kier alpha value is -1.62. The lowest BCUT2D eigenvalue weighted by Crippen LogP contribution is -2.50. The summed E-state index contributed by atoms with van der Waals surface area (Å²) in [5.74, 6) is 0.903. The molecule has 130 valence electrons. The molecule has 3 aliphatic rings. The van der Waals surface area contributed by atoms with Gasteiger partial charge in [0.05, 0.1) is 13.2 Å². The Labute approximate surface area is 144 Å². The number of hydrogen-bond acceptors (Lipinski definition) is 3. The third-order valence-electron chi connectivity index (χ3n) is 5.90. The second-order valence-electron chi connectivity index (χ2n) is 7.31. The molecule has 2 saturated heterocycles. The van der Waals surface area contributed by atoms with Crippen molar-refractivity contribution in [1.82, 2.24) is 4.90 Å². The van der Waals surface area contributed by atoms with Crippen LogP contribution in [0, 0.1) is 5.92 Å². The van der Waals surface area contributed by atoms with Crippen LogP contribution < -0.4 is 9.88 Å². The Morgan fingerprint density at radius 2 is 1.88 bits per heavy atom. The number of aromatic amines is 1. The van der Waals surface area contributed by atoms with E-state index in [0.29, 0.717) is 6.04 Å². The number of carbonyl (C=O) groups excluding carboxylic acids is 1. The van der Waals surface area contributed by atoms with Crippen molar-refractivity contribution in [2.24, 2.45) is 5.92 Å². The third-order valence-corrected chi connectivity index (χ3v) is 5.90. The number of morpholine rings is 1. The Balaban J connectivity index is 1.53. The average Bonchev–Trinajstić information content (AvgIpc) is 2.68. The first-order chi connectivity index (χ1) is 11.8. The van der Waals surface area contributed by atoms with E-state index in [2.05, 4.69) is 20.9 Å². The number of nitrogens with zero attached hydrogens (tertiary/aromatic N) is 2. The number of carbonyl (C=O) groups is 1. The lowest BCUT2D eigenvalue weighted by Gasteiger charge is -2.43. The first-order valence-electron chi connectivity index (χ1n) is 9.48. The molecular weight excluding hydrogens is 302 g/mol. The quantitative estimate of drug-likeness (QED) is 0.834. The molecule has 1 aromatic heterocycles. The number of aromatic nitrogens is 1. The summed E-state index contributed by atoms with van der Waals surface area (Å²) in [5, 5.41) is 0. The molecule has 3 fully saturated rings. The molecule has 0 unspecified atom stereocenters. The second kappa shape index (κ2) is 7.09. The number of likely N-dealkylation sites (tertiary alicyclic amines) is 1. The fraction of sp³-hybridized carbons (Fsp3) is 0.684. The standard InChI is InChI=1S/C19H27N3O2/c23-19(22-9-3-5-15-4-1-2-6-18(15)22)17-14-16(7-8-20-17)21-10-12-24-13-11-21/h7-8,14-15,18H,1-6,9-13H2/p+1/t15-,18+/m0/s1. The smallest absolute Gasteiger partial charge is 0.318 e. The lowest BCUT2D eigenvalue weighted by molar-refractivity contribution is -0.382. The molecule has 1 saturated carbocycles. The van der Waals surface area contributed by atoms with E-state index in [0.717, 1.165) is 56.6 Å². The van der Waals surface area contributed by atoms with Crippen molar-refractivity contribution in [2.45, 2.75) is 44.6 Å². The highest BCUT2D eigenvalue weighted by atomic mass is 16.5. The first kappa shape index (κ1) is 15.9. The molecule has 5 heteroatoms. The van der Waals surface area contributed by atoms with E-state index in [1.807, 2.05) is 12.3 Å². The Morgan fingerprint density at radius 1 is 1.08 bits per heavy atom. The van der Waals surface area contributed by atoms with Crippen LogP contribution in [0.25, 0.3) is 0 Å². The molecule has 1 amide bonds. The minimum Gasteiger partial charge on any atom is -0.378 e. The van der Waals surface area contributed by atoms with Gasteiger partial charge in [-0.3, -0.25) is 4.79 Å². The largest absolute Gasteiger partial charge is 0.378 e. The van der Waals surface area contributed by atoms with Crippen molar-refractivity contribution in [3.05, 3.63) is 24.0 Å². The van der Waals surface area contributed by atoms with E-state index in [4.69, 9.17) is 4.74 Å². The van der Waals surface area contributed by atoms with E-state index in [1.165, 1.54) is 32.1 Å². The number of amides is 1. The molecule has 2 atom stereocenters. The number of hydrogen-bond donors (Lipinski definition) is 0. The summed E-state index contributed by atoms with van der Waals surface area (Å²) in [6, 6.07) is 4.54. The van der Waals surface area contributed by atoms with Crippen LogP contribution in [-0.4, -0.2) is 49.7 Å². The summed E-state index contributed by atoms with van der Waals surface area (Å²) < 4.78 is 5.43. The summed E-state index contributed by atoms with van der Waals surface area (Å²) >= 11 is 0. The van der Waals surface area contributed by atoms with Gasteiger partial charge in [0.2, 0.25) is 0 Å². The molecule has 4 rings (SSSR count). The fourth-order valence-electron chi connectivity index (χ4n) is 4.63. The van der Waals surface area contributed by atoms with E-state index >= 15 is 0 Å². The van der Waals surface area contributed by atoms with Gasteiger partial charge in [-0.15, -0.1) is 0 Å². The van der Waals surface area contributed by atoms with Gasteiger partial charge in [-0.05, 0) is 31.6 Å². The van der Waals surface area contributed by atoms with E-state index in [9.17, 15) is 4.79 Å². The van der Waals surface area contributed by atoms with Crippen LogP contribution in [0.15, 0.2) is 18.3 Å². The minimum atomic E-state index is 0.182. The van der Waals surface area contributed by atoms with Gasteiger partial charge in [0.1, 0.15) is 0 Å². The normalized spacial score (nSPS) is 27.7. The Bertz CT molecular complexity index is 584. The topological polar surface area (TPSA) is 46.9 Å². The predicted octanol–water partition coefficient (Wildman–Crippen LogP) is 2.13. The minimum absolute atomic E-state index is 0.182. The van der Waals surface area contributed by atoms with Crippen LogP contribution in [0.1, 0.15) is 49.0 Å². The van der Waals surface area contributed by atoms with Gasteiger partial charge < -0.3 is 14.5 Å². The summed E-state index contributed by atoms with van der Waals surface area (Å²) in [5.41, 5.74) is 1.85. The molecular formula is C19H28N3O2+. The van der Waals surface area contributed by atoms with Gasteiger partial charge in [-0.2, -0.15) is 0 Å². The van der Waals surface area contributed by atoms with Crippen LogP contribution in [0.4, 0.5) is 5.69 Å². The molecule has 0 radical (unpaired) electrons. The van der Waals surface area contributed by atoms with E-state index in [1.54, 1.807) is 0 Å². The predicted molar refractivity (Wildman–Crippen MR) is 92.0 cm³/mol. The number of ether oxygens (including phenoxy) is 1. The molecule has 0 aromatic carbocycles. The molecule has 24 heavy (non-hydrogen) atoms. The van der Waals surface area contributed by atoms with Crippen LogP contribution in [-0.2, 0) is 4.74 Å². The lowest BCUT2D eigenvalue weighted by atomic mass is 9.78. The SMILES string of the molecule is O=C(c1cc(N2CCOCC2)cc[nH+]1)N1CCC[C@@H]2CCCC[C@H]21. The van der Waals surface area contributed by atoms with Crippen molar-refractivity contribution in [2.75, 3.05) is 37.7 Å². The van der Waals surface area contributed by atoms with Crippen molar-refractivity contribution in [1.29, 1.82) is 0 Å². The second-order valence-corrected chi connectivity index (χ2v) is 7.31. The molecule has 5 nitrogen and oxygen atoms in total. The van der Waals surface area contributed by atoms with Crippen molar-refractivity contribution in [3.8, 4) is 0 Å². The highest BCUT2D eigenvalue weighted by Crippen LogP contribution is 2.35. The van der Waals surface area contributed by atoms with E-state index in [-0.39, 0.29) is 5.91 Å². The molecule has 2 aliphatic heterocycles.